The number of aromatic nitrogens is 8. The fourth-order valence-electron chi connectivity index (χ4n) is 17.5. The quantitative estimate of drug-likeness (QED) is 0.133. The molecule has 16 aromatic carbocycles. The van der Waals surface area contributed by atoms with Crippen LogP contribution in [0.4, 0.5) is 0 Å². The van der Waals surface area contributed by atoms with Crippen molar-refractivity contribution in [3.63, 3.8) is 0 Å². The first-order chi connectivity index (χ1) is 56.5. The fraction of sp³-hybridized carbons (Fsp3) is 0.0192. The van der Waals surface area contributed by atoms with Gasteiger partial charge in [-0.15, -0.1) is 0 Å². The third-order valence-corrected chi connectivity index (χ3v) is 23.0. The van der Waals surface area contributed by atoms with Crippen LogP contribution < -0.4 is 0 Å². The van der Waals surface area contributed by atoms with E-state index in [9.17, 15) is 0 Å². The van der Waals surface area contributed by atoms with Crippen LogP contribution in [-0.2, 0) is 12.8 Å². The molecule has 0 spiro atoms. The van der Waals surface area contributed by atoms with Gasteiger partial charge in [0.15, 0.2) is 34.9 Å². The Kier molecular flexibility index (Phi) is 14.9. The van der Waals surface area contributed by atoms with Gasteiger partial charge in [0, 0.05) is 99.0 Å². The van der Waals surface area contributed by atoms with Crippen molar-refractivity contribution in [1.82, 2.24) is 39.0 Å². The van der Waals surface area contributed by atoms with Crippen molar-refractivity contribution in [2.75, 3.05) is 0 Å². The van der Waals surface area contributed by atoms with Crippen LogP contribution in [-0.4, -0.2) is 39.0 Å². The van der Waals surface area contributed by atoms with Gasteiger partial charge in [-0.25, -0.2) is 29.9 Å². The van der Waals surface area contributed by atoms with Crippen LogP contribution in [0, 0.1) is 0 Å². The number of fused-ring (bicyclic) bond motifs is 18. The van der Waals surface area contributed by atoms with Crippen LogP contribution in [0.3, 0.4) is 0 Å². The van der Waals surface area contributed by atoms with Crippen LogP contribution in [0.5, 0.6) is 0 Å². The van der Waals surface area contributed by atoms with Gasteiger partial charge in [0.05, 0.1) is 22.1 Å². The highest BCUT2D eigenvalue weighted by atomic mass is 16.3. The predicted molar refractivity (Wildman–Crippen MR) is 463 cm³/mol. The Balaban J connectivity index is 0.000000135. The monoisotopic (exact) mass is 1460 g/mol. The van der Waals surface area contributed by atoms with Crippen molar-refractivity contribution in [1.29, 1.82) is 0 Å². The van der Waals surface area contributed by atoms with Crippen molar-refractivity contribution in [2.45, 2.75) is 12.8 Å². The Morgan fingerprint density at radius 3 is 0.877 bits per heavy atom. The molecule has 22 aromatic rings. The van der Waals surface area contributed by atoms with E-state index in [-0.39, 0.29) is 0 Å². The van der Waals surface area contributed by atoms with E-state index in [2.05, 4.69) is 228 Å². The summed E-state index contributed by atoms with van der Waals surface area (Å²) in [5.74, 6) is 3.95. The van der Waals surface area contributed by atoms with E-state index in [0.717, 1.165) is 135 Å². The molecule has 6 aromatic heterocycles. The average molecular weight is 1460 g/mol. The number of para-hydroxylation sites is 6. The normalized spacial score (nSPS) is 12.1. The van der Waals surface area contributed by atoms with Crippen molar-refractivity contribution >= 4 is 87.5 Å². The standard InChI is InChI=1S/2C52H32N4O/c2*1-3-12-32(13-4-1)50-53-51(33-14-5-2-6-15-33)55-52(54-50)37-23-22-34-28-35-24-26-38(31-44(35)43(34)30-37)56-46-20-9-7-16-40(46)45-29-36(25-27-47(45)56)39-18-11-19-42-41-17-8-10-21-48(41)57-49(39)42/h2*1-27,29-31H,28H2. The van der Waals surface area contributed by atoms with Crippen LogP contribution in [0.25, 0.3) is 212 Å². The molecular formula is C104H64N8O2. The third-order valence-electron chi connectivity index (χ3n) is 23.0. The summed E-state index contributed by atoms with van der Waals surface area (Å²) in [4.78, 5) is 30.0. The fourth-order valence-corrected chi connectivity index (χ4v) is 17.5. The van der Waals surface area contributed by atoms with Gasteiger partial charge >= 0.3 is 0 Å². The molecule has 0 fully saturated rings. The summed E-state index contributed by atoms with van der Waals surface area (Å²) < 4.78 is 17.7. The summed E-state index contributed by atoms with van der Waals surface area (Å²) in [7, 11) is 0. The molecule has 0 aliphatic heterocycles. The summed E-state index contributed by atoms with van der Waals surface area (Å²) in [5, 5.41) is 9.39. The van der Waals surface area contributed by atoms with Crippen molar-refractivity contribution < 1.29 is 8.83 Å². The lowest BCUT2D eigenvalue weighted by Crippen LogP contribution is -2.00. The van der Waals surface area contributed by atoms with E-state index in [4.69, 9.17) is 38.7 Å². The highest BCUT2D eigenvalue weighted by Gasteiger charge is 2.27. The number of rotatable bonds is 10. The topological polar surface area (TPSA) is 113 Å². The highest BCUT2D eigenvalue weighted by Crippen LogP contribution is 2.47. The molecule has 10 nitrogen and oxygen atoms in total. The Morgan fingerprint density at radius 1 is 0.193 bits per heavy atom. The number of hydrogen-bond acceptors (Lipinski definition) is 8. The van der Waals surface area contributed by atoms with E-state index in [0.29, 0.717) is 34.9 Å². The smallest absolute Gasteiger partial charge is 0.164 e. The lowest BCUT2D eigenvalue weighted by Gasteiger charge is -2.12. The second-order valence-electron chi connectivity index (χ2n) is 29.6. The number of hydrogen-bond donors (Lipinski definition) is 0. The summed E-state index contributed by atoms with van der Waals surface area (Å²) in [6.45, 7) is 0. The van der Waals surface area contributed by atoms with Gasteiger partial charge in [0.25, 0.3) is 0 Å². The molecule has 2 aliphatic rings. The maximum atomic E-state index is 6.46. The molecule has 10 heteroatoms. The Labute approximate surface area is 654 Å². The van der Waals surface area contributed by atoms with Gasteiger partial charge in [-0.3, -0.25) is 0 Å². The second kappa shape index (κ2) is 26.2. The van der Waals surface area contributed by atoms with Crippen LogP contribution >= 0.6 is 0 Å². The molecule has 24 rings (SSSR count). The zero-order valence-electron chi connectivity index (χ0n) is 61.4. The minimum Gasteiger partial charge on any atom is -0.455 e. The van der Waals surface area contributed by atoms with E-state index >= 15 is 0 Å². The van der Waals surface area contributed by atoms with E-state index in [1.54, 1.807) is 0 Å². The Hall–Kier alpha value is -15.3. The molecule has 0 N–H and O–H groups in total. The third kappa shape index (κ3) is 10.8. The van der Waals surface area contributed by atoms with Gasteiger partial charge in [0.2, 0.25) is 0 Å². The van der Waals surface area contributed by atoms with Gasteiger partial charge < -0.3 is 18.0 Å². The lowest BCUT2D eigenvalue weighted by atomic mass is 10.0. The molecule has 0 unspecified atom stereocenters. The summed E-state index contributed by atoms with van der Waals surface area (Å²) >= 11 is 0. The van der Waals surface area contributed by atoms with Crippen LogP contribution in [0.2, 0.25) is 0 Å². The first kappa shape index (κ1) is 64.7. The molecule has 0 saturated carbocycles. The van der Waals surface area contributed by atoms with Gasteiger partial charge in [0.1, 0.15) is 22.3 Å². The molecule has 2 aliphatic carbocycles. The molecule has 0 atom stereocenters. The molecule has 0 amide bonds. The van der Waals surface area contributed by atoms with Crippen molar-refractivity contribution in [3.8, 4) is 124 Å². The number of furan rings is 2. The molecular weight excluding hydrogens is 1390 g/mol. The summed E-state index contributed by atoms with van der Waals surface area (Å²) in [5.41, 5.74) is 31.0. The Bertz CT molecular complexity index is 7100. The van der Waals surface area contributed by atoms with E-state index in [1.807, 2.05) is 146 Å². The first-order valence-electron chi connectivity index (χ1n) is 38.6. The summed E-state index contributed by atoms with van der Waals surface area (Å²) in [6.07, 6.45) is 1.77. The van der Waals surface area contributed by atoms with Gasteiger partial charge in [-0.2, -0.15) is 0 Å². The molecule has 0 saturated heterocycles. The maximum Gasteiger partial charge on any atom is 0.164 e. The molecule has 532 valence electrons. The molecule has 114 heavy (non-hydrogen) atoms. The Morgan fingerprint density at radius 2 is 0.491 bits per heavy atom. The summed E-state index contributed by atoms with van der Waals surface area (Å²) in [6, 6.07) is 128. The minimum absolute atomic E-state index is 0.659. The second-order valence-corrected chi connectivity index (χ2v) is 29.6. The SMILES string of the molecule is c1ccc(-c2nc(-c3ccccc3)nc(-c3ccc4c(c3)-c3cc(-n5c6ccccc6c6cc(-c7cccc8c7oc7ccccc78)ccc65)ccc3C4)n2)cc1.c1ccc(-c2nc(-c3ccccc3)nc(-c3ccc4c(c3)-c3cc(-n5c6ccccc6c6cc(-c7cccc8c7oc7ccccc78)ccc65)ccc3C4)n2)cc1. The lowest BCUT2D eigenvalue weighted by molar-refractivity contribution is 0.669. The molecule has 6 heterocycles. The van der Waals surface area contributed by atoms with Crippen LogP contribution in [0.15, 0.2) is 373 Å². The minimum atomic E-state index is 0.659. The average Bonchev–Trinajstić information content (AvgIpc) is 1.58. The highest BCUT2D eigenvalue weighted by molar-refractivity contribution is 6.15. The first-order valence-corrected chi connectivity index (χ1v) is 38.6. The number of nitrogens with zero attached hydrogens (tertiary/aromatic N) is 8. The zero-order valence-corrected chi connectivity index (χ0v) is 61.4. The van der Waals surface area contributed by atoms with Crippen LogP contribution in [0.1, 0.15) is 22.3 Å². The maximum absolute atomic E-state index is 6.46. The largest absolute Gasteiger partial charge is 0.455 e. The van der Waals surface area contributed by atoms with Gasteiger partial charge in [-0.1, -0.05) is 279 Å². The van der Waals surface area contributed by atoms with E-state index in [1.165, 1.54) is 77.1 Å². The number of benzene rings is 16. The van der Waals surface area contributed by atoms with Crippen molar-refractivity contribution in [3.05, 3.63) is 386 Å². The molecule has 0 bridgehead atoms. The molecule has 0 radical (unpaired) electrons. The zero-order chi connectivity index (χ0) is 74.9. The van der Waals surface area contributed by atoms with Gasteiger partial charge in [-0.05, 0) is 153 Å². The predicted octanol–water partition coefficient (Wildman–Crippen LogP) is 26.2. The van der Waals surface area contributed by atoms with Crippen molar-refractivity contribution in [2.24, 2.45) is 0 Å². The van der Waals surface area contributed by atoms with E-state index < -0.39 is 0 Å².